The lowest BCUT2D eigenvalue weighted by atomic mass is 10.0. The third-order valence-corrected chi connectivity index (χ3v) is 3.33. The highest BCUT2D eigenvalue weighted by Gasteiger charge is 2.19. The van der Waals surface area contributed by atoms with E-state index in [1.165, 1.54) is 32.1 Å². The number of rotatable bonds is 8. The van der Waals surface area contributed by atoms with Crippen LogP contribution in [0, 0.1) is 11.8 Å². The summed E-state index contributed by atoms with van der Waals surface area (Å²) in [6.07, 6.45) is 14.2. The summed E-state index contributed by atoms with van der Waals surface area (Å²) in [5.41, 5.74) is 0. The lowest BCUT2D eigenvalue weighted by Gasteiger charge is -2.03. The van der Waals surface area contributed by atoms with E-state index in [4.69, 9.17) is 4.74 Å². The van der Waals surface area contributed by atoms with Crippen molar-refractivity contribution in [2.75, 3.05) is 13.2 Å². The molecule has 0 aliphatic heterocycles. The summed E-state index contributed by atoms with van der Waals surface area (Å²) in [4.78, 5) is 0. The highest BCUT2D eigenvalue weighted by atomic mass is 16.5. The maximum absolute atomic E-state index is 5.51. The molecular formula is C15H26O. The Morgan fingerprint density at radius 2 is 2.06 bits per heavy atom. The monoisotopic (exact) mass is 222 g/mol. The molecule has 1 aliphatic carbocycles. The lowest BCUT2D eigenvalue weighted by molar-refractivity contribution is 0.135. The second-order valence-electron chi connectivity index (χ2n) is 4.75. The van der Waals surface area contributed by atoms with Crippen molar-refractivity contribution >= 4 is 0 Å². The van der Waals surface area contributed by atoms with Crippen LogP contribution in [-0.4, -0.2) is 13.2 Å². The van der Waals surface area contributed by atoms with Gasteiger partial charge < -0.3 is 4.74 Å². The Bertz CT molecular complexity index is 207. The van der Waals surface area contributed by atoms with Crippen LogP contribution in [0.15, 0.2) is 24.8 Å². The Hall–Kier alpha value is -0.560. The van der Waals surface area contributed by atoms with Crippen LogP contribution in [0.2, 0.25) is 0 Å². The van der Waals surface area contributed by atoms with Gasteiger partial charge in [-0.2, -0.15) is 0 Å². The molecule has 1 rings (SSSR count). The second-order valence-corrected chi connectivity index (χ2v) is 4.75. The van der Waals surface area contributed by atoms with Crippen molar-refractivity contribution in [2.45, 2.75) is 45.4 Å². The molecule has 0 aromatic heterocycles. The molecule has 0 N–H and O–H groups in total. The van der Waals surface area contributed by atoms with Crippen molar-refractivity contribution in [3.05, 3.63) is 24.8 Å². The molecule has 0 radical (unpaired) electrons. The van der Waals surface area contributed by atoms with Crippen LogP contribution in [-0.2, 0) is 4.74 Å². The van der Waals surface area contributed by atoms with Crippen LogP contribution in [0.25, 0.3) is 0 Å². The van der Waals surface area contributed by atoms with Crippen molar-refractivity contribution in [2.24, 2.45) is 11.8 Å². The minimum atomic E-state index is 0.760. The van der Waals surface area contributed by atoms with E-state index in [0.717, 1.165) is 31.5 Å². The van der Waals surface area contributed by atoms with Crippen LogP contribution < -0.4 is 0 Å². The first kappa shape index (κ1) is 13.5. The van der Waals surface area contributed by atoms with Gasteiger partial charge in [0.2, 0.25) is 0 Å². The maximum Gasteiger partial charge on any atom is 0.0500 e. The standard InChI is InChI=1S/C15H26O/c1-3-5-11-16-12-7-6-8-15-10-9-14(4-2)13-15/h4,6,8,14-15H,2-3,5,7,9-13H2,1H3/b8-6-/t14-,15+/m0/s1. The van der Waals surface area contributed by atoms with Gasteiger partial charge in [0.25, 0.3) is 0 Å². The maximum atomic E-state index is 5.51. The molecule has 0 aromatic carbocycles. The molecule has 1 saturated carbocycles. The van der Waals surface area contributed by atoms with E-state index < -0.39 is 0 Å². The van der Waals surface area contributed by atoms with E-state index in [1.54, 1.807) is 0 Å². The minimum Gasteiger partial charge on any atom is -0.381 e. The van der Waals surface area contributed by atoms with Gasteiger partial charge in [0.15, 0.2) is 0 Å². The van der Waals surface area contributed by atoms with Crippen molar-refractivity contribution in [3.63, 3.8) is 0 Å². The molecular weight excluding hydrogens is 196 g/mol. The minimum absolute atomic E-state index is 0.760. The van der Waals surface area contributed by atoms with E-state index in [9.17, 15) is 0 Å². The smallest absolute Gasteiger partial charge is 0.0500 e. The molecule has 1 aliphatic rings. The molecule has 0 saturated heterocycles. The number of hydrogen-bond donors (Lipinski definition) is 0. The first-order valence-corrected chi connectivity index (χ1v) is 6.73. The first-order valence-electron chi connectivity index (χ1n) is 6.73. The molecule has 1 nitrogen and oxygen atoms in total. The van der Waals surface area contributed by atoms with Crippen LogP contribution in [0.5, 0.6) is 0 Å². The van der Waals surface area contributed by atoms with Gasteiger partial charge >= 0.3 is 0 Å². The zero-order chi connectivity index (χ0) is 11.6. The summed E-state index contributed by atoms with van der Waals surface area (Å²) in [5, 5.41) is 0. The summed E-state index contributed by atoms with van der Waals surface area (Å²) in [6.45, 7) is 7.87. The van der Waals surface area contributed by atoms with Crippen LogP contribution >= 0.6 is 0 Å². The van der Waals surface area contributed by atoms with Gasteiger partial charge in [-0.05, 0) is 43.9 Å². The molecule has 0 bridgehead atoms. The number of allylic oxidation sites excluding steroid dienone is 2. The third-order valence-electron chi connectivity index (χ3n) is 3.33. The molecule has 0 heterocycles. The van der Waals surface area contributed by atoms with Gasteiger partial charge in [0, 0.05) is 6.61 Å². The lowest BCUT2D eigenvalue weighted by Crippen LogP contribution is -1.95. The fraction of sp³-hybridized carbons (Fsp3) is 0.733. The number of hydrogen-bond acceptors (Lipinski definition) is 1. The van der Waals surface area contributed by atoms with Gasteiger partial charge in [0.05, 0.1) is 6.61 Å². The van der Waals surface area contributed by atoms with E-state index in [2.05, 4.69) is 31.7 Å². The van der Waals surface area contributed by atoms with Crippen LogP contribution in [0.4, 0.5) is 0 Å². The van der Waals surface area contributed by atoms with Crippen molar-refractivity contribution in [3.8, 4) is 0 Å². The average Bonchev–Trinajstić information content (AvgIpc) is 2.76. The van der Waals surface area contributed by atoms with Gasteiger partial charge in [-0.25, -0.2) is 0 Å². The Labute approximate surface area is 101 Å². The Morgan fingerprint density at radius 1 is 1.25 bits per heavy atom. The van der Waals surface area contributed by atoms with Crippen LogP contribution in [0.3, 0.4) is 0 Å². The van der Waals surface area contributed by atoms with Crippen molar-refractivity contribution in [1.82, 2.24) is 0 Å². The molecule has 92 valence electrons. The van der Waals surface area contributed by atoms with Crippen LogP contribution in [0.1, 0.15) is 45.4 Å². The third kappa shape index (κ3) is 5.50. The molecule has 0 amide bonds. The highest BCUT2D eigenvalue weighted by molar-refractivity contribution is 4.96. The van der Waals surface area contributed by atoms with Gasteiger partial charge in [-0.3, -0.25) is 0 Å². The summed E-state index contributed by atoms with van der Waals surface area (Å²) in [5.74, 6) is 1.55. The van der Waals surface area contributed by atoms with E-state index in [-0.39, 0.29) is 0 Å². The fourth-order valence-electron chi connectivity index (χ4n) is 2.23. The Kier molecular flexibility index (Phi) is 7.24. The van der Waals surface area contributed by atoms with E-state index >= 15 is 0 Å². The average molecular weight is 222 g/mol. The number of ether oxygens (including phenoxy) is 1. The molecule has 2 atom stereocenters. The van der Waals surface area contributed by atoms with Gasteiger partial charge in [-0.1, -0.05) is 31.6 Å². The molecule has 0 aromatic rings. The second kappa shape index (κ2) is 8.58. The largest absolute Gasteiger partial charge is 0.381 e. The SMILES string of the molecule is C=C[C@H]1CC[C@@H](/C=C\CCOCCCC)C1. The van der Waals surface area contributed by atoms with E-state index in [0.29, 0.717) is 0 Å². The van der Waals surface area contributed by atoms with Gasteiger partial charge in [-0.15, -0.1) is 6.58 Å². The Balaban J connectivity index is 1.98. The molecule has 1 heteroatoms. The first-order chi connectivity index (χ1) is 7.86. The van der Waals surface area contributed by atoms with Crippen molar-refractivity contribution in [1.29, 1.82) is 0 Å². The Morgan fingerprint density at radius 3 is 2.75 bits per heavy atom. The zero-order valence-corrected chi connectivity index (χ0v) is 10.7. The fourth-order valence-corrected chi connectivity index (χ4v) is 2.23. The molecule has 16 heavy (non-hydrogen) atoms. The predicted molar refractivity (Wildman–Crippen MR) is 70.5 cm³/mol. The highest BCUT2D eigenvalue weighted by Crippen LogP contribution is 2.32. The van der Waals surface area contributed by atoms with E-state index in [1.807, 2.05) is 0 Å². The normalized spacial score (nSPS) is 25.3. The topological polar surface area (TPSA) is 9.23 Å². The summed E-state index contributed by atoms with van der Waals surface area (Å²) < 4.78 is 5.51. The van der Waals surface area contributed by atoms with Crippen molar-refractivity contribution < 1.29 is 4.74 Å². The summed E-state index contributed by atoms with van der Waals surface area (Å²) >= 11 is 0. The quantitative estimate of drug-likeness (QED) is 0.438. The summed E-state index contributed by atoms with van der Waals surface area (Å²) in [6, 6.07) is 0. The summed E-state index contributed by atoms with van der Waals surface area (Å²) in [7, 11) is 0. The number of unbranched alkanes of at least 4 members (excludes halogenated alkanes) is 1. The molecule has 1 fully saturated rings. The zero-order valence-electron chi connectivity index (χ0n) is 10.7. The molecule has 0 unspecified atom stereocenters. The predicted octanol–water partition coefficient (Wildman–Crippen LogP) is 4.35. The molecule has 0 spiro atoms. The van der Waals surface area contributed by atoms with Gasteiger partial charge in [0.1, 0.15) is 0 Å².